The van der Waals surface area contributed by atoms with Gasteiger partial charge in [0.1, 0.15) is 6.04 Å². The van der Waals surface area contributed by atoms with Crippen molar-refractivity contribution in [1.82, 2.24) is 4.90 Å². The molecule has 176 valence electrons. The van der Waals surface area contributed by atoms with Gasteiger partial charge in [0.05, 0.1) is 13.2 Å². The molecule has 1 aliphatic carbocycles. The molecule has 0 aromatic heterocycles. The average molecular weight is 472 g/mol. The number of halogens is 1. The SMILES string of the molecule is CCc1ccccc1C(=O)N(C1CCC2(CC1)OCCO2)C(Cc1ccc(Cl)cc1)C(=O)O. The maximum absolute atomic E-state index is 13.9. The van der Waals surface area contributed by atoms with Crippen molar-refractivity contribution in [3.05, 3.63) is 70.2 Å². The Kier molecular flexibility index (Phi) is 7.37. The number of hydrogen-bond acceptors (Lipinski definition) is 4. The zero-order chi connectivity index (χ0) is 23.4. The van der Waals surface area contributed by atoms with Crippen molar-refractivity contribution < 1.29 is 24.2 Å². The Bertz CT molecular complexity index is 976. The molecule has 1 unspecified atom stereocenters. The normalized spacial score (nSPS) is 18.8. The van der Waals surface area contributed by atoms with E-state index in [0.29, 0.717) is 55.9 Å². The minimum Gasteiger partial charge on any atom is -0.480 e. The number of aliphatic carboxylic acids is 1. The predicted octanol–water partition coefficient (Wildman–Crippen LogP) is 4.73. The van der Waals surface area contributed by atoms with E-state index in [2.05, 4.69) is 0 Å². The highest BCUT2D eigenvalue weighted by Crippen LogP contribution is 2.38. The molecule has 2 aromatic rings. The van der Waals surface area contributed by atoms with Gasteiger partial charge >= 0.3 is 5.97 Å². The van der Waals surface area contributed by atoms with Gasteiger partial charge in [-0.1, -0.05) is 48.9 Å². The number of benzene rings is 2. The maximum atomic E-state index is 13.9. The Morgan fingerprint density at radius 3 is 2.33 bits per heavy atom. The number of ether oxygens (including phenoxy) is 2. The third-order valence-electron chi connectivity index (χ3n) is 6.75. The van der Waals surface area contributed by atoms with Crippen LogP contribution in [-0.4, -0.2) is 53.0 Å². The van der Waals surface area contributed by atoms with Gasteiger partial charge in [0, 0.05) is 35.9 Å². The number of amides is 1. The number of carboxylic acid groups (broad SMARTS) is 1. The van der Waals surface area contributed by atoms with E-state index in [-0.39, 0.29) is 18.4 Å². The third-order valence-corrected chi connectivity index (χ3v) is 7.00. The van der Waals surface area contributed by atoms with Crippen molar-refractivity contribution in [1.29, 1.82) is 0 Å². The number of carboxylic acids is 1. The summed E-state index contributed by atoms with van der Waals surface area (Å²) in [5, 5.41) is 10.8. The number of rotatable bonds is 7. The molecule has 4 rings (SSSR count). The van der Waals surface area contributed by atoms with Crippen molar-refractivity contribution in [2.75, 3.05) is 13.2 Å². The molecule has 2 fully saturated rings. The zero-order valence-electron chi connectivity index (χ0n) is 18.8. The summed E-state index contributed by atoms with van der Waals surface area (Å²) < 4.78 is 11.7. The first-order valence-electron chi connectivity index (χ1n) is 11.6. The number of nitrogens with zero attached hydrogens (tertiary/aromatic N) is 1. The van der Waals surface area contributed by atoms with Gasteiger partial charge in [-0.25, -0.2) is 4.79 Å². The fraction of sp³-hybridized carbons (Fsp3) is 0.462. The summed E-state index contributed by atoms with van der Waals surface area (Å²) in [6.45, 7) is 3.15. The molecule has 1 heterocycles. The van der Waals surface area contributed by atoms with Crippen LogP contribution in [0.2, 0.25) is 5.02 Å². The van der Waals surface area contributed by atoms with Crippen molar-refractivity contribution in [3.63, 3.8) is 0 Å². The van der Waals surface area contributed by atoms with Crippen LogP contribution >= 0.6 is 11.6 Å². The topological polar surface area (TPSA) is 76.1 Å². The van der Waals surface area contributed by atoms with Crippen molar-refractivity contribution in [2.45, 2.75) is 63.3 Å². The van der Waals surface area contributed by atoms with Crippen molar-refractivity contribution >= 4 is 23.5 Å². The predicted molar refractivity (Wildman–Crippen MR) is 125 cm³/mol. The molecule has 1 atom stereocenters. The van der Waals surface area contributed by atoms with Gasteiger partial charge in [0.2, 0.25) is 0 Å². The van der Waals surface area contributed by atoms with E-state index in [4.69, 9.17) is 21.1 Å². The highest BCUT2D eigenvalue weighted by Gasteiger charge is 2.45. The minimum atomic E-state index is -1.01. The summed E-state index contributed by atoms with van der Waals surface area (Å²) in [7, 11) is 0. The summed E-state index contributed by atoms with van der Waals surface area (Å²) in [6.07, 6.45) is 3.45. The second-order valence-corrected chi connectivity index (χ2v) is 9.18. The molecule has 1 aliphatic heterocycles. The third kappa shape index (κ3) is 5.24. The first-order chi connectivity index (χ1) is 15.9. The van der Waals surface area contributed by atoms with E-state index in [9.17, 15) is 14.7 Å². The zero-order valence-corrected chi connectivity index (χ0v) is 19.6. The Labute approximate surface area is 199 Å². The highest BCUT2D eigenvalue weighted by atomic mass is 35.5. The second kappa shape index (κ2) is 10.2. The van der Waals surface area contributed by atoms with Gasteiger partial charge in [-0.15, -0.1) is 0 Å². The van der Waals surface area contributed by atoms with E-state index in [1.807, 2.05) is 37.3 Å². The summed E-state index contributed by atoms with van der Waals surface area (Å²) >= 11 is 6.01. The fourth-order valence-electron chi connectivity index (χ4n) is 4.99. The van der Waals surface area contributed by atoms with Crippen LogP contribution < -0.4 is 0 Å². The van der Waals surface area contributed by atoms with Gasteiger partial charge in [-0.05, 0) is 48.6 Å². The monoisotopic (exact) mass is 471 g/mol. The molecule has 1 spiro atoms. The van der Waals surface area contributed by atoms with Crippen LogP contribution in [-0.2, 0) is 27.1 Å². The van der Waals surface area contributed by atoms with Gasteiger partial charge in [-0.3, -0.25) is 4.79 Å². The van der Waals surface area contributed by atoms with E-state index in [1.165, 1.54) is 0 Å². The lowest BCUT2D eigenvalue weighted by molar-refractivity contribution is -0.184. The molecule has 2 aliphatic rings. The van der Waals surface area contributed by atoms with Crippen LogP contribution in [0.1, 0.15) is 54.1 Å². The van der Waals surface area contributed by atoms with Crippen LogP contribution in [0.25, 0.3) is 0 Å². The lowest BCUT2D eigenvalue weighted by Gasteiger charge is -2.42. The first kappa shape index (κ1) is 23.7. The van der Waals surface area contributed by atoms with E-state index in [1.54, 1.807) is 23.1 Å². The molecule has 1 saturated heterocycles. The number of carbonyl (C=O) groups excluding carboxylic acids is 1. The molecular weight excluding hydrogens is 442 g/mol. The fourth-order valence-corrected chi connectivity index (χ4v) is 5.12. The molecular formula is C26H30ClNO5. The Morgan fingerprint density at radius 2 is 1.73 bits per heavy atom. The van der Waals surface area contributed by atoms with E-state index < -0.39 is 17.8 Å². The Hall–Kier alpha value is -2.41. The highest BCUT2D eigenvalue weighted by molar-refractivity contribution is 6.30. The van der Waals surface area contributed by atoms with Gasteiger partial charge < -0.3 is 19.5 Å². The molecule has 0 radical (unpaired) electrons. The molecule has 2 aromatic carbocycles. The molecule has 1 amide bonds. The molecule has 33 heavy (non-hydrogen) atoms. The van der Waals surface area contributed by atoms with E-state index >= 15 is 0 Å². The molecule has 0 bridgehead atoms. The van der Waals surface area contributed by atoms with Crippen LogP contribution in [0.4, 0.5) is 0 Å². The second-order valence-electron chi connectivity index (χ2n) is 8.75. The van der Waals surface area contributed by atoms with Gasteiger partial charge in [0.15, 0.2) is 5.79 Å². The van der Waals surface area contributed by atoms with Gasteiger partial charge in [-0.2, -0.15) is 0 Å². The Balaban J connectivity index is 1.66. The van der Waals surface area contributed by atoms with Crippen LogP contribution in [0, 0.1) is 0 Å². The van der Waals surface area contributed by atoms with E-state index in [0.717, 1.165) is 11.1 Å². The number of carbonyl (C=O) groups is 2. The number of aryl methyl sites for hydroxylation is 1. The minimum absolute atomic E-state index is 0.210. The summed E-state index contributed by atoms with van der Waals surface area (Å²) in [4.78, 5) is 28.0. The quantitative estimate of drug-likeness (QED) is 0.632. The molecule has 6 nitrogen and oxygen atoms in total. The standard InChI is InChI=1S/C26H30ClNO5/c1-2-19-5-3-4-6-22(19)24(29)28(21-11-13-26(14-12-21)32-15-16-33-26)23(25(30)31)17-18-7-9-20(27)10-8-18/h3-10,21,23H,2,11-17H2,1H3,(H,30,31). The van der Waals surface area contributed by atoms with Crippen LogP contribution in [0.5, 0.6) is 0 Å². The summed E-state index contributed by atoms with van der Waals surface area (Å²) in [6, 6.07) is 13.4. The van der Waals surface area contributed by atoms with Crippen molar-refractivity contribution in [3.8, 4) is 0 Å². The lowest BCUT2D eigenvalue weighted by Crippen LogP contribution is -2.54. The van der Waals surface area contributed by atoms with Crippen molar-refractivity contribution in [2.24, 2.45) is 0 Å². The molecule has 1 N–H and O–H groups in total. The summed E-state index contributed by atoms with van der Waals surface area (Å²) in [5.41, 5.74) is 2.30. The largest absolute Gasteiger partial charge is 0.480 e. The smallest absolute Gasteiger partial charge is 0.326 e. The summed E-state index contributed by atoms with van der Waals surface area (Å²) in [5.74, 6) is -1.83. The maximum Gasteiger partial charge on any atom is 0.326 e. The average Bonchev–Trinajstić information content (AvgIpc) is 3.28. The first-order valence-corrected chi connectivity index (χ1v) is 12.0. The number of hydrogen-bond donors (Lipinski definition) is 1. The molecule has 1 saturated carbocycles. The molecule has 7 heteroatoms. The van der Waals surface area contributed by atoms with Crippen LogP contribution in [0.3, 0.4) is 0 Å². The lowest BCUT2D eigenvalue weighted by atomic mass is 9.87. The van der Waals surface area contributed by atoms with Gasteiger partial charge in [0.25, 0.3) is 5.91 Å². The van der Waals surface area contributed by atoms with Crippen LogP contribution in [0.15, 0.2) is 48.5 Å². The Morgan fingerprint density at radius 1 is 1.09 bits per heavy atom.